The van der Waals surface area contributed by atoms with Crippen LogP contribution >= 0.6 is 0 Å². The predicted molar refractivity (Wildman–Crippen MR) is 108 cm³/mol. The molecule has 1 fully saturated rings. The van der Waals surface area contributed by atoms with Gasteiger partial charge in [-0.1, -0.05) is 0 Å². The summed E-state index contributed by atoms with van der Waals surface area (Å²) in [6.07, 6.45) is 0.561. The van der Waals surface area contributed by atoms with Gasteiger partial charge in [-0.3, -0.25) is 9.48 Å². The first-order valence-electron chi connectivity index (χ1n) is 9.32. The van der Waals surface area contributed by atoms with Crippen molar-refractivity contribution in [2.45, 2.75) is 32.9 Å². The molecule has 9 heteroatoms. The van der Waals surface area contributed by atoms with Crippen LogP contribution in [0.2, 0.25) is 0 Å². The fraction of sp³-hybridized carbons (Fsp3) is 0.450. The van der Waals surface area contributed by atoms with Crippen molar-refractivity contribution in [2.75, 3.05) is 25.7 Å². The Morgan fingerprint density at radius 2 is 1.83 bits per heavy atom. The molecule has 8 nitrogen and oxygen atoms in total. The number of sulfone groups is 1. The third-order valence-corrected chi connectivity index (χ3v) is 7.07. The number of carbonyl (C=O) groups is 2. The fourth-order valence-corrected chi connectivity index (χ4v) is 5.34. The normalized spacial score (nSPS) is 17.9. The summed E-state index contributed by atoms with van der Waals surface area (Å²) < 4.78 is 30.1. The summed E-state index contributed by atoms with van der Waals surface area (Å²) >= 11 is 0. The Morgan fingerprint density at radius 3 is 2.38 bits per heavy atom. The van der Waals surface area contributed by atoms with Gasteiger partial charge in [0.1, 0.15) is 0 Å². The standard InChI is InChI=1S/C20H25N3O5S/c1-13-18(14(2)23(21-13)17-9-10-29(26,27)12-17)11-22(3)19(24)15-5-7-16(8-6-15)20(25)28-4/h5-8,17H,9-12H2,1-4H3/t17-/m0/s1. The maximum atomic E-state index is 12.8. The Bertz CT molecular complexity index is 1040. The lowest BCUT2D eigenvalue weighted by Crippen LogP contribution is -2.26. The van der Waals surface area contributed by atoms with E-state index in [4.69, 9.17) is 0 Å². The molecule has 156 valence electrons. The molecular formula is C20H25N3O5S. The number of benzene rings is 1. The highest BCUT2D eigenvalue weighted by Crippen LogP contribution is 2.27. The first-order chi connectivity index (χ1) is 13.6. The summed E-state index contributed by atoms with van der Waals surface area (Å²) in [6, 6.07) is 6.15. The molecule has 1 aliphatic heterocycles. The van der Waals surface area contributed by atoms with Crippen LogP contribution in [0.3, 0.4) is 0 Å². The van der Waals surface area contributed by atoms with Gasteiger partial charge in [-0.25, -0.2) is 13.2 Å². The van der Waals surface area contributed by atoms with E-state index in [1.54, 1.807) is 40.9 Å². The van der Waals surface area contributed by atoms with E-state index >= 15 is 0 Å². The summed E-state index contributed by atoms with van der Waals surface area (Å²) in [6.45, 7) is 4.13. The molecule has 0 unspecified atom stereocenters. The van der Waals surface area contributed by atoms with Crippen LogP contribution in [-0.2, 0) is 21.1 Å². The number of hydrogen-bond donors (Lipinski definition) is 0. The van der Waals surface area contributed by atoms with Crippen molar-refractivity contribution in [3.8, 4) is 0 Å². The quantitative estimate of drug-likeness (QED) is 0.687. The molecule has 1 aliphatic rings. The number of rotatable bonds is 5. The molecular weight excluding hydrogens is 394 g/mol. The number of aromatic nitrogens is 2. The molecule has 1 amide bonds. The number of amides is 1. The molecule has 1 atom stereocenters. The first-order valence-corrected chi connectivity index (χ1v) is 11.1. The van der Waals surface area contributed by atoms with Crippen molar-refractivity contribution >= 4 is 21.7 Å². The maximum absolute atomic E-state index is 12.8. The molecule has 2 aromatic rings. The van der Waals surface area contributed by atoms with E-state index in [2.05, 4.69) is 9.84 Å². The first kappa shape index (κ1) is 21.0. The van der Waals surface area contributed by atoms with Crippen LogP contribution in [0.5, 0.6) is 0 Å². The van der Waals surface area contributed by atoms with Gasteiger partial charge in [0, 0.05) is 30.4 Å². The number of nitrogens with zero attached hydrogens (tertiary/aromatic N) is 3. The van der Waals surface area contributed by atoms with Crippen molar-refractivity contribution in [1.82, 2.24) is 14.7 Å². The number of carbonyl (C=O) groups excluding carboxylic acids is 2. The Hall–Kier alpha value is -2.68. The van der Waals surface area contributed by atoms with Crippen molar-refractivity contribution in [3.05, 3.63) is 52.3 Å². The lowest BCUT2D eigenvalue weighted by atomic mass is 10.1. The number of ether oxygens (including phenoxy) is 1. The molecule has 3 rings (SSSR count). The molecule has 0 N–H and O–H groups in total. The molecule has 0 saturated carbocycles. The number of esters is 1. The van der Waals surface area contributed by atoms with E-state index in [9.17, 15) is 18.0 Å². The maximum Gasteiger partial charge on any atom is 0.337 e. The molecule has 1 saturated heterocycles. The van der Waals surface area contributed by atoms with E-state index in [-0.39, 0.29) is 23.5 Å². The molecule has 0 radical (unpaired) electrons. The summed E-state index contributed by atoms with van der Waals surface area (Å²) in [5, 5.41) is 4.55. The zero-order valence-electron chi connectivity index (χ0n) is 17.0. The topological polar surface area (TPSA) is 98.6 Å². The van der Waals surface area contributed by atoms with E-state index < -0.39 is 15.8 Å². The van der Waals surface area contributed by atoms with Crippen LogP contribution < -0.4 is 0 Å². The average molecular weight is 420 g/mol. The molecule has 29 heavy (non-hydrogen) atoms. The molecule has 2 heterocycles. The smallest absolute Gasteiger partial charge is 0.337 e. The second-order valence-corrected chi connectivity index (χ2v) is 9.61. The average Bonchev–Trinajstić information content (AvgIpc) is 3.20. The van der Waals surface area contributed by atoms with Gasteiger partial charge in [0.25, 0.3) is 5.91 Å². The fourth-order valence-electron chi connectivity index (χ4n) is 3.65. The van der Waals surface area contributed by atoms with Crippen LogP contribution in [0.25, 0.3) is 0 Å². The molecule has 1 aromatic carbocycles. The van der Waals surface area contributed by atoms with Crippen molar-refractivity contribution in [3.63, 3.8) is 0 Å². The summed E-state index contributed by atoms with van der Waals surface area (Å²) in [7, 11) is 0.00129. The van der Waals surface area contributed by atoms with Gasteiger partial charge in [-0.15, -0.1) is 0 Å². The van der Waals surface area contributed by atoms with Crippen LogP contribution in [-0.4, -0.2) is 60.6 Å². The number of aryl methyl sites for hydroxylation is 1. The van der Waals surface area contributed by atoms with Crippen LogP contribution in [0.15, 0.2) is 24.3 Å². The zero-order valence-corrected chi connectivity index (χ0v) is 17.8. The van der Waals surface area contributed by atoms with Gasteiger partial charge in [-0.2, -0.15) is 5.10 Å². The third kappa shape index (κ3) is 4.34. The highest BCUT2D eigenvalue weighted by molar-refractivity contribution is 7.91. The minimum atomic E-state index is -3.01. The number of methoxy groups -OCH3 is 1. The highest BCUT2D eigenvalue weighted by atomic mass is 32.2. The summed E-state index contributed by atoms with van der Waals surface area (Å²) in [5.41, 5.74) is 3.42. The van der Waals surface area contributed by atoms with Crippen LogP contribution in [0.1, 0.15) is 50.1 Å². The van der Waals surface area contributed by atoms with E-state index in [1.165, 1.54) is 7.11 Å². The molecule has 0 spiro atoms. The number of hydrogen-bond acceptors (Lipinski definition) is 6. The molecule has 0 aliphatic carbocycles. The Labute approximate surface area is 170 Å². The van der Waals surface area contributed by atoms with E-state index in [1.807, 2.05) is 13.8 Å². The summed E-state index contributed by atoms with van der Waals surface area (Å²) in [4.78, 5) is 25.9. The molecule has 0 bridgehead atoms. The monoisotopic (exact) mass is 419 g/mol. The lowest BCUT2D eigenvalue weighted by molar-refractivity contribution is 0.0600. The Kier molecular flexibility index (Phi) is 5.79. The summed E-state index contributed by atoms with van der Waals surface area (Å²) in [5.74, 6) is -0.345. The van der Waals surface area contributed by atoms with E-state index in [0.29, 0.717) is 24.1 Å². The SMILES string of the molecule is COC(=O)c1ccc(C(=O)N(C)Cc2c(C)nn([C@H]3CCS(=O)(=O)C3)c2C)cc1. The largest absolute Gasteiger partial charge is 0.465 e. The predicted octanol–water partition coefficient (Wildman–Crippen LogP) is 1.92. The van der Waals surface area contributed by atoms with Crippen molar-refractivity contribution in [2.24, 2.45) is 0 Å². The van der Waals surface area contributed by atoms with Crippen molar-refractivity contribution in [1.29, 1.82) is 0 Å². The van der Waals surface area contributed by atoms with Gasteiger partial charge < -0.3 is 9.64 Å². The Morgan fingerprint density at radius 1 is 1.21 bits per heavy atom. The van der Waals surface area contributed by atoms with Gasteiger partial charge in [0.05, 0.1) is 35.9 Å². The van der Waals surface area contributed by atoms with Crippen LogP contribution in [0, 0.1) is 13.8 Å². The van der Waals surface area contributed by atoms with Gasteiger partial charge in [0.15, 0.2) is 9.84 Å². The van der Waals surface area contributed by atoms with Gasteiger partial charge >= 0.3 is 5.97 Å². The zero-order chi connectivity index (χ0) is 21.3. The second kappa shape index (κ2) is 7.98. The molecule has 1 aromatic heterocycles. The highest BCUT2D eigenvalue weighted by Gasteiger charge is 2.31. The van der Waals surface area contributed by atoms with Gasteiger partial charge in [0.2, 0.25) is 0 Å². The second-order valence-electron chi connectivity index (χ2n) is 7.38. The third-order valence-electron chi connectivity index (χ3n) is 5.32. The van der Waals surface area contributed by atoms with Gasteiger partial charge in [-0.05, 0) is 44.5 Å². The Balaban J connectivity index is 1.76. The minimum absolute atomic E-state index is 0.107. The lowest BCUT2D eigenvalue weighted by Gasteiger charge is -2.18. The van der Waals surface area contributed by atoms with Crippen LogP contribution in [0.4, 0.5) is 0 Å². The van der Waals surface area contributed by atoms with E-state index in [0.717, 1.165) is 17.0 Å². The van der Waals surface area contributed by atoms with Crippen molar-refractivity contribution < 1.29 is 22.7 Å². The minimum Gasteiger partial charge on any atom is -0.465 e.